The maximum atomic E-state index is 13.0. The maximum Gasteiger partial charge on any atom is 0.316 e. The summed E-state index contributed by atoms with van der Waals surface area (Å²) in [4.78, 5) is 27.5. The van der Waals surface area contributed by atoms with Gasteiger partial charge in [0.05, 0.1) is 4.92 Å². The number of rotatable bonds is 9. The number of hydrogen-bond acceptors (Lipinski definition) is 2. The Balaban J connectivity index is 2.09. The highest BCUT2D eigenvalue weighted by Crippen LogP contribution is 2.27. The lowest BCUT2D eigenvalue weighted by atomic mass is 10.00. The molecule has 0 amide bonds. The molecule has 5 heterocycles. The van der Waals surface area contributed by atoms with Crippen molar-refractivity contribution in [2.75, 3.05) is 0 Å². The molecule has 4 N–H and O–H groups in total. The van der Waals surface area contributed by atoms with E-state index in [4.69, 9.17) is 0 Å². The van der Waals surface area contributed by atoms with Crippen LogP contribution in [0.1, 0.15) is 123 Å². The van der Waals surface area contributed by atoms with Crippen molar-refractivity contribution < 1.29 is 4.92 Å². The summed E-state index contributed by atoms with van der Waals surface area (Å²) >= 11 is 0. The molecule has 0 aliphatic carbocycles. The minimum absolute atomic E-state index is 0.132. The summed E-state index contributed by atoms with van der Waals surface area (Å²) in [6, 6.07) is 0. The molecule has 0 aromatic carbocycles. The first kappa shape index (κ1) is 30.5. The number of nitrogens with zero attached hydrogens (tertiary/aromatic N) is 1. The monoisotopic (exact) mass is 581 g/mol. The largest absolute Gasteiger partial charge is 0.355 e. The Morgan fingerprint density at radius 1 is 0.488 bits per heavy atom. The third-order valence-corrected chi connectivity index (χ3v) is 9.42. The Kier molecular flexibility index (Phi) is 8.72. The molecule has 7 heteroatoms. The maximum absolute atomic E-state index is 13.0. The van der Waals surface area contributed by atoms with Crippen molar-refractivity contribution >= 4 is 23.9 Å². The molecule has 1 aliphatic rings. The Morgan fingerprint density at radius 3 is 1.28 bits per heavy atom. The van der Waals surface area contributed by atoms with Crippen LogP contribution in [0.2, 0.25) is 0 Å². The zero-order chi connectivity index (χ0) is 31.0. The second-order valence-electron chi connectivity index (χ2n) is 11.4. The summed E-state index contributed by atoms with van der Waals surface area (Å²) in [6.07, 6.45) is 13.3. The highest BCUT2D eigenvalue weighted by molar-refractivity contribution is 5.68. The highest BCUT2D eigenvalue weighted by Gasteiger charge is 2.28. The lowest BCUT2D eigenvalue weighted by molar-refractivity contribution is -0.377. The minimum Gasteiger partial charge on any atom is -0.355 e. The standard InChI is InChI=1S/C36H47N5O2/c1-9-20-22(11-3)30-18-32-24(13-5)26(15-7)34(39-32)36(41(42)43)35-27(16-8)25(14-6)33(40-35)19-31-23(12-4)21(10-2)29(38-31)17-28(20)37-30/h17-19,37-40H,9-16H2,1-8H3. The van der Waals surface area contributed by atoms with Gasteiger partial charge < -0.3 is 19.9 Å². The molecule has 0 saturated carbocycles. The van der Waals surface area contributed by atoms with E-state index < -0.39 is 0 Å². The molecule has 0 atom stereocenters. The molecule has 0 fully saturated rings. The summed E-state index contributed by atoms with van der Waals surface area (Å²) in [7, 11) is 0. The van der Waals surface area contributed by atoms with Gasteiger partial charge >= 0.3 is 5.70 Å². The van der Waals surface area contributed by atoms with E-state index in [0.717, 1.165) is 93.9 Å². The Hall–Kier alpha value is -4.00. The topological polar surface area (TPSA) is 106 Å². The number of hydrogen-bond donors (Lipinski definition) is 4. The molecular formula is C36H47N5O2. The molecule has 0 radical (unpaired) electrons. The third-order valence-electron chi connectivity index (χ3n) is 9.42. The van der Waals surface area contributed by atoms with Crippen molar-refractivity contribution in [3.05, 3.63) is 98.8 Å². The van der Waals surface area contributed by atoms with Gasteiger partial charge in [-0.3, -0.25) is 10.1 Å². The molecule has 1 aliphatic heterocycles. The molecule has 0 unspecified atom stereocenters. The smallest absolute Gasteiger partial charge is 0.316 e. The molecular weight excluding hydrogens is 534 g/mol. The van der Waals surface area contributed by atoms with Crippen molar-refractivity contribution in [3.63, 3.8) is 0 Å². The number of aromatic amines is 4. The predicted octanol–water partition coefficient (Wildman–Crippen LogP) is 4.73. The average Bonchev–Trinajstić information content (AvgIpc) is 3.72. The lowest BCUT2D eigenvalue weighted by Gasteiger charge is -2.03. The first-order valence-corrected chi connectivity index (χ1v) is 16.3. The van der Waals surface area contributed by atoms with E-state index in [9.17, 15) is 10.1 Å². The molecule has 4 aromatic rings. The summed E-state index contributed by atoms with van der Waals surface area (Å²) in [5.41, 5.74) is 13.5. The van der Waals surface area contributed by atoms with Crippen LogP contribution in [0.4, 0.5) is 0 Å². The number of nitro groups is 1. The molecule has 8 bridgehead atoms. The van der Waals surface area contributed by atoms with Gasteiger partial charge in [-0.05, 0) is 114 Å². The van der Waals surface area contributed by atoms with Gasteiger partial charge in [0, 0.05) is 33.1 Å². The van der Waals surface area contributed by atoms with E-state index in [0.29, 0.717) is 23.9 Å². The molecule has 43 heavy (non-hydrogen) atoms. The van der Waals surface area contributed by atoms with Gasteiger partial charge in [-0.1, -0.05) is 55.4 Å². The van der Waals surface area contributed by atoms with E-state index in [1.807, 2.05) is 0 Å². The number of H-pyrrole nitrogens is 4. The van der Waals surface area contributed by atoms with E-state index in [1.54, 1.807) is 0 Å². The average molecular weight is 582 g/mol. The Morgan fingerprint density at radius 2 is 0.860 bits per heavy atom. The molecule has 0 saturated heterocycles. The zero-order valence-electron chi connectivity index (χ0n) is 27.2. The van der Waals surface area contributed by atoms with Crippen LogP contribution in [-0.4, -0.2) is 24.9 Å². The zero-order valence-corrected chi connectivity index (χ0v) is 27.2. The first-order chi connectivity index (χ1) is 20.8. The second-order valence-corrected chi connectivity index (χ2v) is 11.4. The van der Waals surface area contributed by atoms with Gasteiger partial charge in [-0.25, -0.2) is 0 Å². The second kappa shape index (κ2) is 12.3. The fourth-order valence-corrected chi connectivity index (χ4v) is 7.53. The van der Waals surface area contributed by atoms with Crippen molar-refractivity contribution in [1.82, 2.24) is 19.9 Å². The molecule has 7 nitrogen and oxygen atoms in total. The summed E-state index contributed by atoms with van der Waals surface area (Å²) in [5.74, 6) is 0. The van der Waals surface area contributed by atoms with Crippen molar-refractivity contribution in [1.29, 1.82) is 0 Å². The van der Waals surface area contributed by atoms with Crippen LogP contribution in [-0.2, 0) is 51.4 Å². The van der Waals surface area contributed by atoms with Gasteiger partial charge in [0.2, 0.25) is 0 Å². The van der Waals surface area contributed by atoms with Gasteiger partial charge in [-0.2, -0.15) is 0 Å². The van der Waals surface area contributed by atoms with Crippen LogP contribution in [0.15, 0.2) is 0 Å². The first-order valence-electron chi connectivity index (χ1n) is 16.3. The van der Waals surface area contributed by atoms with Crippen LogP contribution in [0.25, 0.3) is 23.9 Å². The lowest BCUT2D eigenvalue weighted by Crippen LogP contribution is -2.21. The fourth-order valence-electron chi connectivity index (χ4n) is 7.53. The summed E-state index contributed by atoms with van der Waals surface area (Å²) < 4.78 is 0. The number of fused-ring (bicyclic) bond motifs is 8. The van der Waals surface area contributed by atoms with Crippen molar-refractivity contribution in [2.45, 2.75) is 107 Å². The molecule has 4 aromatic heterocycles. The number of aromatic nitrogens is 4. The highest BCUT2D eigenvalue weighted by atomic mass is 16.6. The van der Waals surface area contributed by atoms with E-state index in [-0.39, 0.29) is 10.6 Å². The Bertz CT molecular complexity index is 1940. The predicted molar refractivity (Wildman–Crippen MR) is 177 cm³/mol. The quantitative estimate of drug-likeness (QED) is 0.169. The van der Waals surface area contributed by atoms with Crippen LogP contribution >= 0.6 is 0 Å². The summed E-state index contributed by atoms with van der Waals surface area (Å²) in [5, 5.41) is 16.8. The van der Waals surface area contributed by atoms with Crippen LogP contribution in [0.3, 0.4) is 0 Å². The van der Waals surface area contributed by atoms with E-state index in [2.05, 4.69) is 93.6 Å². The van der Waals surface area contributed by atoms with Crippen molar-refractivity contribution in [2.24, 2.45) is 0 Å². The van der Waals surface area contributed by atoms with Gasteiger partial charge in [0.25, 0.3) is 0 Å². The van der Waals surface area contributed by atoms with Crippen LogP contribution in [0, 0.1) is 10.1 Å². The fraction of sp³-hybridized carbons (Fsp3) is 0.444. The van der Waals surface area contributed by atoms with Crippen LogP contribution in [0.5, 0.6) is 0 Å². The normalized spacial score (nSPS) is 12.7. The van der Waals surface area contributed by atoms with Gasteiger partial charge in [0.1, 0.15) is 11.0 Å². The minimum atomic E-state index is -0.195. The van der Waals surface area contributed by atoms with E-state index >= 15 is 0 Å². The summed E-state index contributed by atoms with van der Waals surface area (Å²) in [6.45, 7) is 17.3. The SMILES string of the molecule is CCc1c2[nH]c(c1CC)C=c1[nH]c(c(CC)c1CC)=C([N+](=O)[O-])c1[nH]c(c(CC)c1CC)C=c1[nH]c(c(CC)c1CC)=C2. The van der Waals surface area contributed by atoms with Crippen molar-refractivity contribution in [3.8, 4) is 0 Å². The van der Waals surface area contributed by atoms with Crippen LogP contribution < -0.4 is 21.4 Å². The number of nitrogens with one attached hydrogen (secondary N) is 4. The molecule has 5 rings (SSSR count). The Labute approximate surface area is 254 Å². The molecule has 0 spiro atoms. The third kappa shape index (κ3) is 4.92. The van der Waals surface area contributed by atoms with E-state index in [1.165, 1.54) is 22.3 Å². The van der Waals surface area contributed by atoms with Gasteiger partial charge in [-0.15, -0.1) is 0 Å². The van der Waals surface area contributed by atoms with Gasteiger partial charge in [0.15, 0.2) is 0 Å². The molecule has 228 valence electrons.